The van der Waals surface area contributed by atoms with E-state index in [9.17, 15) is 5.11 Å². The molecule has 1 N–H and O–H groups in total. The highest BCUT2D eigenvalue weighted by Crippen LogP contribution is 2.28. The van der Waals surface area contributed by atoms with E-state index in [0.29, 0.717) is 18.9 Å². The molecule has 1 aliphatic rings. The van der Waals surface area contributed by atoms with Gasteiger partial charge in [-0.2, -0.15) is 5.10 Å². The van der Waals surface area contributed by atoms with Gasteiger partial charge in [-0.1, -0.05) is 6.92 Å². The van der Waals surface area contributed by atoms with Gasteiger partial charge in [-0.05, 0) is 33.1 Å². The zero-order chi connectivity index (χ0) is 15.5. The van der Waals surface area contributed by atoms with Crippen LogP contribution in [0.3, 0.4) is 0 Å². The Morgan fingerprint density at radius 1 is 1.43 bits per heavy atom. The first kappa shape index (κ1) is 16.4. The van der Waals surface area contributed by atoms with E-state index in [1.165, 1.54) is 0 Å². The zero-order valence-electron chi connectivity index (χ0n) is 13.5. The summed E-state index contributed by atoms with van der Waals surface area (Å²) in [4.78, 5) is 4.72. The molecule has 21 heavy (non-hydrogen) atoms. The van der Waals surface area contributed by atoms with Crippen molar-refractivity contribution < 1.29 is 14.6 Å². The Morgan fingerprint density at radius 3 is 2.67 bits per heavy atom. The Labute approximate surface area is 126 Å². The molecule has 0 bridgehead atoms. The highest BCUT2D eigenvalue weighted by Gasteiger charge is 2.30. The summed E-state index contributed by atoms with van der Waals surface area (Å²) in [7, 11) is 1.67. The van der Waals surface area contributed by atoms with E-state index in [2.05, 4.69) is 5.10 Å². The number of aliphatic hydroxyl groups is 1. The summed E-state index contributed by atoms with van der Waals surface area (Å²) in [5, 5.41) is 14.6. The van der Waals surface area contributed by atoms with E-state index < -0.39 is 11.7 Å². The molecule has 0 aromatic carbocycles. The third-order valence-corrected chi connectivity index (χ3v) is 4.18. The number of aliphatic hydroxyl groups excluding tert-OH is 1. The number of ether oxygens (including phenoxy) is 2. The van der Waals surface area contributed by atoms with Gasteiger partial charge in [0.1, 0.15) is 5.60 Å². The molecule has 0 amide bonds. The van der Waals surface area contributed by atoms with Gasteiger partial charge < -0.3 is 14.6 Å². The topological polar surface area (TPSA) is 69.4 Å². The SMILES string of the molecule is CCC(O)Cn1nc(C2CCOCC2)nc1C(C)(C)OC. The van der Waals surface area contributed by atoms with Gasteiger partial charge in [0, 0.05) is 26.2 Å². The molecule has 1 aliphatic heterocycles. The Hall–Kier alpha value is -0.980. The largest absolute Gasteiger partial charge is 0.391 e. The van der Waals surface area contributed by atoms with Crippen LogP contribution in [0.25, 0.3) is 0 Å². The molecule has 1 aromatic heterocycles. The van der Waals surface area contributed by atoms with Crippen molar-refractivity contribution in [2.45, 2.75) is 64.2 Å². The van der Waals surface area contributed by atoms with Crippen LogP contribution in [-0.4, -0.2) is 46.3 Å². The lowest BCUT2D eigenvalue weighted by Gasteiger charge is -2.23. The molecular formula is C15H27N3O3. The van der Waals surface area contributed by atoms with Crippen molar-refractivity contribution in [1.82, 2.24) is 14.8 Å². The Balaban J connectivity index is 2.29. The van der Waals surface area contributed by atoms with Crippen molar-refractivity contribution in [2.24, 2.45) is 0 Å². The molecule has 1 fully saturated rings. The lowest BCUT2D eigenvalue weighted by Crippen LogP contribution is -2.28. The van der Waals surface area contributed by atoms with Gasteiger partial charge in [0.05, 0.1) is 12.6 Å². The summed E-state index contributed by atoms with van der Waals surface area (Å²) in [5.74, 6) is 1.96. The minimum absolute atomic E-state index is 0.338. The molecule has 1 atom stereocenters. The van der Waals surface area contributed by atoms with Crippen LogP contribution in [-0.2, 0) is 21.6 Å². The summed E-state index contributed by atoms with van der Waals surface area (Å²) < 4.78 is 12.8. The van der Waals surface area contributed by atoms with E-state index in [1.54, 1.807) is 7.11 Å². The van der Waals surface area contributed by atoms with Gasteiger partial charge in [-0.15, -0.1) is 0 Å². The number of hydrogen-bond acceptors (Lipinski definition) is 5. The van der Waals surface area contributed by atoms with E-state index in [1.807, 2.05) is 25.5 Å². The van der Waals surface area contributed by atoms with Crippen LogP contribution in [0, 0.1) is 0 Å². The van der Waals surface area contributed by atoms with Crippen LogP contribution in [0.4, 0.5) is 0 Å². The smallest absolute Gasteiger partial charge is 0.159 e. The van der Waals surface area contributed by atoms with Crippen molar-refractivity contribution in [3.05, 3.63) is 11.6 Å². The van der Waals surface area contributed by atoms with Gasteiger partial charge in [0.25, 0.3) is 0 Å². The average Bonchev–Trinajstić information content (AvgIpc) is 2.92. The van der Waals surface area contributed by atoms with E-state index in [-0.39, 0.29) is 0 Å². The highest BCUT2D eigenvalue weighted by molar-refractivity contribution is 5.06. The first-order valence-corrected chi connectivity index (χ1v) is 7.74. The molecule has 0 aliphatic carbocycles. The second-order valence-electron chi connectivity index (χ2n) is 6.14. The van der Waals surface area contributed by atoms with E-state index in [0.717, 1.165) is 37.7 Å². The summed E-state index contributed by atoms with van der Waals surface area (Å²) in [5.41, 5.74) is -0.524. The summed E-state index contributed by atoms with van der Waals surface area (Å²) in [6.07, 6.45) is 2.18. The molecule has 1 unspecified atom stereocenters. The maximum Gasteiger partial charge on any atom is 0.159 e. The van der Waals surface area contributed by atoms with Crippen LogP contribution < -0.4 is 0 Å². The first-order chi connectivity index (χ1) is 9.97. The van der Waals surface area contributed by atoms with Crippen LogP contribution in [0.5, 0.6) is 0 Å². The normalized spacial score (nSPS) is 18.9. The summed E-state index contributed by atoms with van der Waals surface area (Å²) >= 11 is 0. The van der Waals surface area contributed by atoms with Gasteiger partial charge in [-0.25, -0.2) is 9.67 Å². The molecule has 6 heteroatoms. The second-order valence-corrected chi connectivity index (χ2v) is 6.14. The standard InChI is InChI=1S/C15H27N3O3/c1-5-12(19)10-18-14(15(2,3)20-4)16-13(17-18)11-6-8-21-9-7-11/h11-12,19H,5-10H2,1-4H3. The molecule has 0 saturated carbocycles. The Kier molecular flexibility index (Phi) is 5.35. The zero-order valence-corrected chi connectivity index (χ0v) is 13.5. The molecule has 2 rings (SSSR count). The van der Waals surface area contributed by atoms with Crippen molar-refractivity contribution in [3.8, 4) is 0 Å². The fourth-order valence-electron chi connectivity index (χ4n) is 2.48. The fraction of sp³-hybridized carbons (Fsp3) is 0.867. The summed E-state index contributed by atoms with van der Waals surface area (Å²) in [6.45, 7) is 7.88. The third kappa shape index (κ3) is 3.81. The third-order valence-electron chi connectivity index (χ3n) is 4.18. The molecule has 120 valence electrons. The number of hydrogen-bond donors (Lipinski definition) is 1. The Morgan fingerprint density at radius 2 is 2.10 bits per heavy atom. The number of aromatic nitrogens is 3. The van der Waals surface area contributed by atoms with Crippen LogP contribution in [0.15, 0.2) is 0 Å². The second kappa shape index (κ2) is 6.85. The van der Waals surface area contributed by atoms with Gasteiger partial charge in [0.2, 0.25) is 0 Å². The predicted octanol–water partition coefficient (Wildman–Crippen LogP) is 1.82. The molecule has 1 saturated heterocycles. The highest BCUT2D eigenvalue weighted by atomic mass is 16.5. The Bertz CT molecular complexity index is 453. The fourth-order valence-corrected chi connectivity index (χ4v) is 2.48. The van der Waals surface area contributed by atoms with Gasteiger partial charge >= 0.3 is 0 Å². The van der Waals surface area contributed by atoms with E-state index >= 15 is 0 Å². The van der Waals surface area contributed by atoms with Gasteiger partial charge in [-0.3, -0.25) is 0 Å². The maximum absolute atomic E-state index is 9.94. The molecule has 2 heterocycles. The minimum Gasteiger partial charge on any atom is -0.391 e. The minimum atomic E-state index is -0.524. The lowest BCUT2D eigenvalue weighted by atomic mass is 10.00. The molecule has 0 radical (unpaired) electrons. The van der Waals surface area contributed by atoms with Crippen molar-refractivity contribution in [1.29, 1.82) is 0 Å². The van der Waals surface area contributed by atoms with Crippen LogP contribution >= 0.6 is 0 Å². The van der Waals surface area contributed by atoms with E-state index in [4.69, 9.17) is 14.5 Å². The van der Waals surface area contributed by atoms with Crippen LogP contribution in [0.2, 0.25) is 0 Å². The maximum atomic E-state index is 9.94. The van der Waals surface area contributed by atoms with Crippen molar-refractivity contribution in [3.63, 3.8) is 0 Å². The first-order valence-electron chi connectivity index (χ1n) is 7.74. The average molecular weight is 297 g/mol. The number of methoxy groups -OCH3 is 1. The molecule has 0 spiro atoms. The lowest BCUT2D eigenvalue weighted by molar-refractivity contribution is 0.00536. The number of rotatable bonds is 6. The quantitative estimate of drug-likeness (QED) is 0.867. The van der Waals surface area contributed by atoms with Gasteiger partial charge in [0.15, 0.2) is 11.6 Å². The summed E-state index contributed by atoms with van der Waals surface area (Å²) in [6, 6.07) is 0. The van der Waals surface area contributed by atoms with Crippen molar-refractivity contribution in [2.75, 3.05) is 20.3 Å². The molecular weight excluding hydrogens is 270 g/mol. The van der Waals surface area contributed by atoms with Crippen molar-refractivity contribution >= 4 is 0 Å². The molecule has 1 aromatic rings. The predicted molar refractivity (Wildman–Crippen MR) is 79.1 cm³/mol. The van der Waals surface area contributed by atoms with Crippen LogP contribution in [0.1, 0.15) is 57.6 Å². The monoisotopic (exact) mass is 297 g/mol. The molecule has 6 nitrogen and oxygen atoms in total. The number of nitrogens with zero attached hydrogens (tertiary/aromatic N) is 3.